The topological polar surface area (TPSA) is 56.7 Å². The van der Waals surface area contributed by atoms with Gasteiger partial charge in [-0.1, -0.05) is 57.4 Å². The van der Waals surface area contributed by atoms with Gasteiger partial charge in [-0.2, -0.15) is 0 Å². The van der Waals surface area contributed by atoms with Gasteiger partial charge in [0.1, 0.15) is 0 Å². The fourth-order valence-electron chi connectivity index (χ4n) is 3.54. The summed E-state index contributed by atoms with van der Waals surface area (Å²) in [5, 5.41) is 6.86. The van der Waals surface area contributed by atoms with Crippen LogP contribution >= 0.6 is 24.0 Å². The van der Waals surface area contributed by atoms with Crippen molar-refractivity contribution < 1.29 is 4.79 Å². The number of nitrogens with one attached hydrogen (secondary N) is 2. The molecule has 1 aromatic carbocycles. The molecule has 5 nitrogen and oxygen atoms in total. The summed E-state index contributed by atoms with van der Waals surface area (Å²) in [4.78, 5) is 18.5. The lowest BCUT2D eigenvalue weighted by molar-refractivity contribution is -0.128. The average molecular weight is 514 g/mol. The Hall–Kier alpha value is -1.31. The number of hydrogen-bond donors (Lipinski definition) is 2. The minimum atomic E-state index is 0. The molecule has 1 aliphatic rings. The van der Waals surface area contributed by atoms with Gasteiger partial charge in [-0.25, -0.2) is 4.99 Å². The lowest BCUT2D eigenvalue weighted by atomic mass is 9.99. The lowest BCUT2D eigenvalue weighted by Gasteiger charge is -2.18. The van der Waals surface area contributed by atoms with E-state index < -0.39 is 0 Å². The molecular formula is C23H39IN4O. The SMILES string of the molecule is CCCCC(CC)CNC(=NCc1ccc(CN2CCCC2=O)cc1)NCC.I. The fraction of sp³-hybridized carbons (Fsp3) is 0.652. The Morgan fingerprint density at radius 3 is 2.45 bits per heavy atom. The normalized spacial score (nSPS) is 15.2. The Labute approximate surface area is 194 Å². The van der Waals surface area contributed by atoms with Gasteiger partial charge in [-0.05, 0) is 36.8 Å². The Bertz CT molecular complexity index is 618. The van der Waals surface area contributed by atoms with Crippen molar-refractivity contribution in [2.24, 2.45) is 10.9 Å². The van der Waals surface area contributed by atoms with E-state index in [2.05, 4.69) is 55.7 Å². The smallest absolute Gasteiger partial charge is 0.222 e. The Balaban J connectivity index is 0.00000420. The second-order valence-corrected chi connectivity index (χ2v) is 7.73. The van der Waals surface area contributed by atoms with Crippen LogP contribution in [0.25, 0.3) is 0 Å². The zero-order chi connectivity index (χ0) is 20.2. The van der Waals surface area contributed by atoms with Gasteiger partial charge in [0.05, 0.1) is 6.54 Å². The first-order chi connectivity index (χ1) is 13.7. The summed E-state index contributed by atoms with van der Waals surface area (Å²) in [6.07, 6.45) is 6.72. The van der Waals surface area contributed by atoms with Crippen LogP contribution in [0.5, 0.6) is 0 Å². The maximum atomic E-state index is 11.8. The van der Waals surface area contributed by atoms with Gasteiger partial charge in [0.15, 0.2) is 5.96 Å². The Morgan fingerprint density at radius 2 is 1.86 bits per heavy atom. The Morgan fingerprint density at radius 1 is 1.14 bits per heavy atom. The highest BCUT2D eigenvalue weighted by molar-refractivity contribution is 14.0. The monoisotopic (exact) mass is 514 g/mol. The number of carbonyl (C=O) groups excluding carboxylic acids is 1. The molecule has 1 saturated heterocycles. The number of hydrogen-bond acceptors (Lipinski definition) is 2. The number of carbonyl (C=O) groups is 1. The second kappa shape index (κ2) is 14.6. The summed E-state index contributed by atoms with van der Waals surface area (Å²) in [5.74, 6) is 1.87. The molecule has 164 valence electrons. The molecule has 1 amide bonds. The van der Waals surface area contributed by atoms with Crippen molar-refractivity contribution in [3.63, 3.8) is 0 Å². The Kier molecular flexibility index (Phi) is 13.0. The standard InChI is InChI=1S/C23H38N4O.HI/c1-4-7-9-19(5-2)16-25-23(24-6-3)26-17-20-11-13-21(14-12-20)18-27-15-8-10-22(27)28;/h11-14,19H,4-10,15-18H2,1-3H3,(H2,24,25,26);1H. The third-order valence-electron chi connectivity index (χ3n) is 5.43. The molecule has 0 radical (unpaired) electrons. The molecule has 0 spiro atoms. The van der Waals surface area contributed by atoms with Crippen molar-refractivity contribution in [2.45, 2.75) is 72.4 Å². The number of guanidine groups is 1. The molecule has 1 unspecified atom stereocenters. The highest BCUT2D eigenvalue weighted by atomic mass is 127. The lowest BCUT2D eigenvalue weighted by Crippen LogP contribution is -2.39. The van der Waals surface area contributed by atoms with Crippen LogP contribution in [0.3, 0.4) is 0 Å². The maximum absolute atomic E-state index is 11.8. The molecule has 29 heavy (non-hydrogen) atoms. The first-order valence-electron chi connectivity index (χ1n) is 11.0. The van der Waals surface area contributed by atoms with Gasteiger partial charge in [0, 0.05) is 32.6 Å². The molecule has 6 heteroatoms. The summed E-state index contributed by atoms with van der Waals surface area (Å²) >= 11 is 0. The first-order valence-corrected chi connectivity index (χ1v) is 11.0. The molecule has 1 heterocycles. The number of rotatable bonds is 11. The molecule has 0 aliphatic carbocycles. The largest absolute Gasteiger partial charge is 0.357 e. The third kappa shape index (κ3) is 9.36. The van der Waals surface area contributed by atoms with Crippen LogP contribution in [0.1, 0.15) is 70.4 Å². The summed E-state index contributed by atoms with van der Waals surface area (Å²) in [7, 11) is 0. The molecular weight excluding hydrogens is 475 g/mol. The van der Waals surface area contributed by atoms with Crippen LogP contribution in [0.4, 0.5) is 0 Å². The third-order valence-corrected chi connectivity index (χ3v) is 5.43. The van der Waals surface area contributed by atoms with Gasteiger partial charge >= 0.3 is 0 Å². The summed E-state index contributed by atoms with van der Waals surface area (Å²) in [6.45, 7) is 10.7. The predicted octanol–water partition coefficient (Wildman–Crippen LogP) is 4.70. The van der Waals surface area contributed by atoms with E-state index in [9.17, 15) is 4.79 Å². The van der Waals surface area contributed by atoms with Crippen molar-refractivity contribution >= 4 is 35.8 Å². The van der Waals surface area contributed by atoms with E-state index in [-0.39, 0.29) is 29.9 Å². The minimum Gasteiger partial charge on any atom is -0.357 e. The molecule has 2 rings (SSSR count). The van der Waals surface area contributed by atoms with Crippen molar-refractivity contribution in [1.29, 1.82) is 0 Å². The van der Waals surface area contributed by atoms with Gasteiger partial charge in [-0.15, -0.1) is 24.0 Å². The maximum Gasteiger partial charge on any atom is 0.222 e. The van der Waals surface area contributed by atoms with Crippen LogP contribution < -0.4 is 10.6 Å². The van der Waals surface area contributed by atoms with E-state index in [1.807, 2.05) is 4.90 Å². The quantitative estimate of drug-likeness (QED) is 0.256. The predicted molar refractivity (Wildman–Crippen MR) is 133 cm³/mol. The molecule has 2 N–H and O–H groups in total. The van der Waals surface area contributed by atoms with E-state index in [0.717, 1.165) is 38.6 Å². The molecule has 1 atom stereocenters. The average Bonchev–Trinajstić information content (AvgIpc) is 3.11. The molecule has 1 fully saturated rings. The zero-order valence-corrected chi connectivity index (χ0v) is 20.7. The van der Waals surface area contributed by atoms with Gasteiger partial charge in [-0.3, -0.25) is 4.79 Å². The molecule has 1 aromatic rings. The van der Waals surface area contributed by atoms with Crippen LogP contribution in [0.2, 0.25) is 0 Å². The van der Waals surface area contributed by atoms with Crippen molar-refractivity contribution in [2.75, 3.05) is 19.6 Å². The van der Waals surface area contributed by atoms with Crippen molar-refractivity contribution in [3.05, 3.63) is 35.4 Å². The van der Waals surface area contributed by atoms with E-state index in [1.165, 1.54) is 36.8 Å². The van der Waals surface area contributed by atoms with E-state index in [0.29, 0.717) is 18.9 Å². The van der Waals surface area contributed by atoms with E-state index >= 15 is 0 Å². The second-order valence-electron chi connectivity index (χ2n) is 7.73. The zero-order valence-electron chi connectivity index (χ0n) is 18.4. The van der Waals surface area contributed by atoms with Gasteiger partial charge in [0.25, 0.3) is 0 Å². The highest BCUT2D eigenvalue weighted by Crippen LogP contribution is 2.15. The van der Waals surface area contributed by atoms with E-state index in [4.69, 9.17) is 4.99 Å². The van der Waals surface area contributed by atoms with Crippen LogP contribution in [-0.2, 0) is 17.9 Å². The number of halogens is 1. The van der Waals surface area contributed by atoms with E-state index in [1.54, 1.807) is 0 Å². The van der Waals surface area contributed by atoms with Crippen LogP contribution in [0, 0.1) is 5.92 Å². The first kappa shape index (κ1) is 25.7. The fourth-order valence-corrected chi connectivity index (χ4v) is 3.54. The van der Waals surface area contributed by atoms with Crippen LogP contribution in [-0.4, -0.2) is 36.4 Å². The molecule has 0 saturated carbocycles. The molecule has 0 aromatic heterocycles. The number of benzene rings is 1. The van der Waals surface area contributed by atoms with Gasteiger partial charge < -0.3 is 15.5 Å². The number of likely N-dealkylation sites (tertiary alicyclic amines) is 1. The summed E-state index contributed by atoms with van der Waals surface area (Å²) < 4.78 is 0. The highest BCUT2D eigenvalue weighted by Gasteiger charge is 2.19. The number of nitrogens with zero attached hydrogens (tertiary/aromatic N) is 2. The summed E-state index contributed by atoms with van der Waals surface area (Å²) in [5.41, 5.74) is 2.38. The minimum absolute atomic E-state index is 0. The molecule has 1 aliphatic heterocycles. The molecule has 0 bridgehead atoms. The van der Waals surface area contributed by atoms with Crippen molar-refractivity contribution in [3.8, 4) is 0 Å². The number of amides is 1. The van der Waals surface area contributed by atoms with Crippen LogP contribution in [0.15, 0.2) is 29.3 Å². The van der Waals surface area contributed by atoms with Crippen molar-refractivity contribution in [1.82, 2.24) is 15.5 Å². The number of unbranched alkanes of at least 4 members (excludes halogenated alkanes) is 1. The summed E-state index contributed by atoms with van der Waals surface area (Å²) in [6, 6.07) is 8.49. The van der Waals surface area contributed by atoms with Gasteiger partial charge in [0.2, 0.25) is 5.91 Å². The number of aliphatic imine (C=N–C) groups is 1.